The molecule has 3 N–H and O–H groups in total. The Morgan fingerprint density at radius 1 is 1.25 bits per heavy atom. The number of primary amides is 1. The van der Waals surface area contributed by atoms with Crippen molar-refractivity contribution >= 4 is 34.2 Å². The minimum absolute atomic E-state index is 0.334. The van der Waals surface area contributed by atoms with Crippen LogP contribution in [-0.4, -0.2) is 26.0 Å². The molecule has 1 aromatic carbocycles. The number of methoxy groups -OCH3 is 2. The average molecular weight is 346 g/mol. The van der Waals surface area contributed by atoms with Crippen molar-refractivity contribution in [1.82, 2.24) is 0 Å². The third-order valence-corrected chi connectivity index (χ3v) is 4.32. The number of benzene rings is 1. The molecule has 0 aliphatic heterocycles. The van der Waals surface area contributed by atoms with Gasteiger partial charge in [-0.25, -0.2) is 0 Å². The Hall–Kier alpha value is -2.80. The van der Waals surface area contributed by atoms with Gasteiger partial charge in [0, 0.05) is 11.6 Å². The van der Waals surface area contributed by atoms with E-state index < -0.39 is 5.91 Å². The number of hydrogen-bond donors (Lipinski definition) is 2. The largest absolute Gasteiger partial charge is 0.497 e. The average Bonchev–Trinajstić information content (AvgIpc) is 2.93. The summed E-state index contributed by atoms with van der Waals surface area (Å²) in [6.45, 7) is 1.77. The van der Waals surface area contributed by atoms with Gasteiger partial charge in [-0.15, -0.1) is 11.3 Å². The number of thiophene rings is 1. The first-order valence-electron chi connectivity index (χ1n) is 7.05. The van der Waals surface area contributed by atoms with E-state index in [0.717, 1.165) is 5.56 Å². The highest BCUT2D eigenvalue weighted by molar-refractivity contribution is 7.15. The summed E-state index contributed by atoms with van der Waals surface area (Å²) in [5, 5.41) is 4.87. The van der Waals surface area contributed by atoms with Gasteiger partial charge in [-0.05, 0) is 42.1 Å². The molecule has 0 radical (unpaired) electrons. The minimum atomic E-state index is -0.567. The zero-order chi connectivity index (χ0) is 17.7. The number of anilines is 1. The smallest absolute Gasteiger partial charge is 0.251 e. The van der Waals surface area contributed by atoms with Crippen LogP contribution in [-0.2, 0) is 4.79 Å². The second-order valence-corrected chi connectivity index (χ2v) is 5.80. The van der Waals surface area contributed by atoms with Gasteiger partial charge in [0.1, 0.15) is 16.5 Å². The summed E-state index contributed by atoms with van der Waals surface area (Å²) >= 11 is 1.26. The zero-order valence-electron chi connectivity index (χ0n) is 13.6. The number of rotatable bonds is 6. The van der Waals surface area contributed by atoms with Crippen LogP contribution >= 0.6 is 11.3 Å². The van der Waals surface area contributed by atoms with Crippen LogP contribution in [0.4, 0.5) is 5.00 Å². The minimum Gasteiger partial charge on any atom is -0.497 e. The van der Waals surface area contributed by atoms with Gasteiger partial charge in [0.05, 0.1) is 19.8 Å². The Morgan fingerprint density at radius 2 is 2.00 bits per heavy atom. The number of carbonyl (C=O) groups excluding carboxylic acids is 2. The van der Waals surface area contributed by atoms with Gasteiger partial charge in [0.15, 0.2) is 0 Å². The van der Waals surface area contributed by atoms with Crippen LogP contribution in [0.2, 0.25) is 0 Å². The molecule has 2 rings (SSSR count). The van der Waals surface area contributed by atoms with E-state index in [2.05, 4.69) is 5.32 Å². The lowest BCUT2D eigenvalue weighted by atomic mass is 10.1. The van der Waals surface area contributed by atoms with Gasteiger partial charge in [-0.2, -0.15) is 0 Å². The van der Waals surface area contributed by atoms with Gasteiger partial charge in [0.25, 0.3) is 5.91 Å². The SMILES string of the molecule is COc1ccc(OC)c(/C=C/C(=O)Nc2scc(C)c2C(N)=O)c1. The van der Waals surface area contributed by atoms with E-state index in [0.29, 0.717) is 27.6 Å². The van der Waals surface area contributed by atoms with Crippen molar-refractivity contribution in [2.24, 2.45) is 5.73 Å². The normalized spacial score (nSPS) is 10.6. The number of aryl methyl sites for hydroxylation is 1. The predicted octanol–water partition coefficient (Wildman–Crippen LogP) is 2.82. The molecule has 2 amide bonds. The lowest BCUT2D eigenvalue weighted by molar-refractivity contribution is -0.111. The van der Waals surface area contributed by atoms with Gasteiger partial charge < -0.3 is 20.5 Å². The molecule has 1 aromatic heterocycles. The fraction of sp³-hybridized carbons (Fsp3) is 0.176. The lowest BCUT2D eigenvalue weighted by Crippen LogP contribution is -2.16. The predicted molar refractivity (Wildman–Crippen MR) is 94.8 cm³/mol. The molecule has 0 saturated heterocycles. The van der Waals surface area contributed by atoms with Crippen LogP contribution in [0.5, 0.6) is 11.5 Å². The molecule has 1 heterocycles. The molecule has 0 bridgehead atoms. The molecule has 0 fully saturated rings. The molecule has 6 nitrogen and oxygen atoms in total. The molecular formula is C17H18N2O4S. The summed E-state index contributed by atoms with van der Waals surface area (Å²) in [5.74, 6) is 0.331. The van der Waals surface area contributed by atoms with E-state index in [1.165, 1.54) is 17.4 Å². The van der Waals surface area contributed by atoms with Crippen LogP contribution in [0.1, 0.15) is 21.5 Å². The summed E-state index contributed by atoms with van der Waals surface area (Å²) < 4.78 is 10.4. The number of carbonyl (C=O) groups is 2. The number of nitrogens with two attached hydrogens (primary N) is 1. The topological polar surface area (TPSA) is 90.7 Å². The van der Waals surface area contributed by atoms with E-state index in [1.54, 1.807) is 50.8 Å². The van der Waals surface area contributed by atoms with Crippen molar-refractivity contribution in [3.8, 4) is 11.5 Å². The van der Waals surface area contributed by atoms with Crippen molar-refractivity contribution in [3.05, 3.63) is 46.3 Å². The fourth-order valence-electron chi connectivity index (χ4n) is 2.13. The van der Waals surface area contributed by atoms with E-state index >= 15 is 0 Å². The molecular weight excluding hydrogens is 328 g/mol. The van der Waals surface area contributed by atoms with E-state index in [4.69, 9.17) is 15.2 Å². The zero-order valence-corrected chi connectivity index (χ0v) is 14.4. The molecule has 126 valence electrons. The summed E-state index contributed by atoms with van der Waals surface area (Å²) in [5.41, 5.74) is 7.11. The van der Waals surface area contributed by atoms with E-state index in [-0.39, 0.29) is 5.91 Å². The van der Waals surface area contributed by atoms with Crippen LogP contribution in [0.3, 0.4) is 0 Å². The summed E-state index contributed by atoms with van der Waals surface area (Å²) in [7, 11) is 3.11. The number of hydrogen-bond acceptors (Lipinski definition) is 5. The standard InChI is InChI=1S/C17H18N2O4S/c1-10-9-24-17(15(10)16(18)21)19-14(20)7-4-11-8-12(22-2)5-6-13(11)23-3/h4-9H,1-3H3,(H2,18,21)(H,19,20)/b7-4+. The van der Waals surface area contributed by atoms with Gasteiger partial charge in [-0.3, -0.25) is 9.59 Å². The van der Waals surface area contributed by atoms with Gasteiger partial charge >= 0.3 is 0 Å². The first kappa shape index (κ1) is 17.6. The molecule has 0 aliphatic rings. The lowest BCUT2D eigenvalue weighted by Gasteiger charge is -2.07. The maximum atomic E-state index is 12.1. The van der Waals surface area contributed by atoms with E-state index in [1.807, 2.05) is 0 Å². The molecule has 24 heavy (non-hydrogen) atoms. The highest BCUT2D eigenvalue weighted by atomic mass is 32.1. The Labute approximate surface area is 143 Å². The first-order valence-corrected chi connectivity index (χ1v) is 7.93. The van der Waals surface area contributed by atoms with Crippen molar-refractivity contribution in [3.63, 3.8) is 0 Å². The monoisotopic (exact) mass is 346 g/mol. The highest BCUT2D eigenvalue weighted by Gasteiger charge is 2.15. The van der Waals surface area contributed by atoms with Gasteiger partial charge in [0.2, 0.25) is 5.91 Å². The van der Waals surface area contributed by atoms with Crippen molar-refractivity contribution in [1.29, 1.82) is 0 Å². The van der Waals surface area contributed by atoms with Crippen LogP contribution in [0.15, 0.2) is 29.7 Å². The summed E-state index contributed by atoms with van der Waals surface area (Å²) in [6.07, 6.45) is 2.97. The van der Waals surface area contributed by atoms with Crippen molar-refractivity contribution in [2.75, 3.05) is 19.5 Å². The van der Waals surface area contributed by atoms with Crippen molar-refractivity contribution < 1.29 is 19.1 Å². The maximum absolute atomic E-state index is 12.1. The Morgan fingerprint density at radius 3 is 2.62 bits per heavy atom. The van der Waals surface area contributed by atoms with Crippen LogP contribution < -0.4 is 20.5 Å². The number of nitrogens with one attached hydrogen (secondary N) is 1. The van der Waals surface area contributed by atoms with Gasteiger partial charge in [-0.1, -0.05) is 0 Å². The molecule has 0 aliphatic carbocycles. The van der Waals surface area contributed by atoms with Crippen molar-refractivity contribution in [2.45, 2.75) is 6.92 Å². The first-order chi connectivity index (χ1) is 11.5. The number of amides is 2. The Balaban J connectivity index is 2.18. The second kappa shape index (κ2) is 7.65. The molecule has 0 atom stereocenters. The second-order valence-electron chi connectivity index (χ2n) is 4.92. The molecule has 0 spiro atoms. The highest BCUT2D eigenvalue weighted by Crippen LogP contribution is 2.28. The number of ether oxygens (including phenoxy) is 2. The summed E-state index contributed by atoms with van der Waals surface area (Å²) in [4.78, 5) is 23.6. The molecule has 7 heteroatoms. The quantitative estimate of drug-likeness (QED) is 0.787. The maximum Gasteiger partial charge on any atom is 0.251 e. The molecule has 2 aromatic rings. The Bertz CT molecular complexity index is 796. The third kappa shape index (κ3) is 3.94. The van der Waals surface area contributed by atoms with Crippen LogP contribution in [0.25, 0.3) is 6.08 Å². The van der Waals surface area contributed by atoms with Crippen LogP contribution in [0, 0.1) is 6.92 Å². The molecule has 0 saturated carbocycles. The summed E-state index contributed by atoms with van der Waals surface area (Å²) in [6, 6.07) is 5.28. The molecule has 0 unspecified atom stereocenters. The fourth-order valence-corrected chi connectivity index (χ4v) is 3.08. The van der Waals surface area contributed by atoms with E-state index in [9.17, 15) is 9.59 Å². The third-order valence-electron chi connectivity index (χ3n) is 3.31. The Kier molecular flexibility index (Phi) is 5.59.